The average molecular weight is 542 g/mol. The number of nitrogens with zero attached hydrogens (tertiary/aromatic N) is 4. The van der Waals surface area contributed by atoms with Gasteiger partial charge in [0.05, 0.1) is 25.8 Å². The lowest BCUT2D eigenvalue weighted by Gasteiger charge is -2.13. The normalized spacial score (nSPS) is 14.4. The summed E-state index contributed by atoms with van der Waals surface area (Å²) in [6.07, 6.45) is -0.0677. The second-order valence-corrected chi connectivity index (χ2v) is 9.73. The largest absolute Gasteiger partial charge is 0.469 e. The highest BCUT2D eigenvalue weighted by Gasteiger charge is 2.33. The molecule has 2 aromatic heterocycles. The number of fused-ring (bicyclic) bond motifs is 3. The molecule has 0 saturated carbocycles. The van der Waals surface area contributed by atoms with E-state index in [4.69, 9.17) is 9.73 Å². The number of ether oxygens (including phenoxy) is 1. The smallest absolute Gasteiger partial charge is 0.308 e. The van der Waals surface area contributed by atoms with E-state index in [9.17, 15) is 23.1 Å². The van der Waals surface area contributed by atoms with Gasteiger partial charge in [-0.3, -0.25) is 14.4 Å². The van der Waals surface area contributed by atoms with Crippen LogP contribution in [0.5, 0.6) is 0 Å². The molecular weight excluding hydrogens is 519 g/mol. The molecule has 4 aromatic rings. The van der Waals surface area contributed by atoms with E-state index in [2.05, 4.69) is 15.5 Å². The van der Waals surface area contributed by atoms with Crippen LogP contribution in [0.3, 0.4) is 0 Å². The van der Waals surface area contributed by atoms with Gasteiger partial charge in [0.2, 0.25) is 0 Å². The van der Waals surface area contributed by atoms with Crippen LogP contribution in [0.15, 0.2) is 41.4 Å². The maximum absolute atomic E-state index is 14.1. The Morgan fingerprint density at radius 1 is 1.13 bits per heavy atom. The first-order chi connectivity index (χ1) is 18.2. The minimum Gasteiger partial charge on any atom is -0.469 e. The number of carbonyl (C=O) groups is 1. The zero-order chi connectivity index (χ0) is 27.1. The summed E-state index contributed by atoms with van der Waals surface area (Å²) >= 11 is 1.38. The summed E-state index contributed by atoms with van der Waals surface area (Å²) in [5.74, 6) is -2.52. The highest BCUT2D eigenvalue weighted by Crippen LogP contribution is 2.40. The van der Waals surface area contributed by atoms with Gasteiger partial charge in [0.15, 0.2) is 17.5 Å². The van der Waals surface area contributed by atoms with Crippen molar-refractivity contribution in [3.8, 4) is 5.00 Å². The minimum absolute atomic E-state index is 0.0677. The second-order valence-electron chi connectivity index (χ2n) is 8.65. The number of esters is 1. The van der Waals surface area contributed by atoms with Crippen molar-refractivity contribution in [2.45, 2.75) is 32.9 Å². The molecule has 0 amide bonds. The molecule has 8 nitrogen and oxygen atoms in total. The molecule has 0 saturated heterocycles. The van der Waals surface area contributed by atoms with Crippen molar-refractivity contribution in [3.63, 3.8) is 0 Å². The Morgan fingerprint density at radius 2 is 1.82 bits per heavy atom. The number of halogens is 3. The predicted molar refractivity (Wildman–Crippen MR) is 136 cm³/mol. The molecule has 5 rings (SSSR count). The quantitative estimate of drug-likeness (QED) is 0.331. The molecule has 1 aliphatic rings. The number of rotatable bonds is 6. The van der Waals surface area contributed by atoms with Crippen LogP contribution in [-0.2, 0) is 16.1 Å². The van der Waals surface area contributed by atoms with Crippen molar-refractivity contribution < 1.29 is 27.8 Å². The van der Waals surface area contributed by atoms with E-state index in [1.807, 2.05) is 11.5 Å². The maximum Gasteiger partial charge on any atom is 0.308 e. The van der Waals surface area contributed by atoms with E-state index in [0.717, 1.165) is 21.0 Å². The fourth-order valence-corrected chi connectivity index (χ4v) is 5.59. The van der Waals surface area contributed by atoms with Gasteiger partial charge in [-0.25, -0.2) is 13.2 Å². The molecule has 3 heterocycles. The van der Waals surface area contributed by atoms with Gasteiger partial charge in [-0.1, -0.05) is 12.1 Å². The number of hydrogen-bond acceptors (Lipinski definition) is 8. The Bertz CT molecular complexity index is 1560. The topological polar surface area (TPSA) is 102 Å². The van der Waals surface area contributed by atoms with Crippen molar-refractivity contribution in [1.82, 2.24) is 14.8 Å². The molecule has 12 heteroatoms. The van der Waals surface area contributed by atoms with Crippen molar-refractivity contribution in [2.24, 2.45) is 4.99 Å². The lowest BCUT2D eigenvalue weighted by atomic mass is 9.99. The molecule has 2 aromatic carbocycles. The van der Waals surface area contributed by atoms with E-state index < -0.39 is 35.2 Å². The van der Waals surface area contributed by atoms with Crippen molar-refractivity contribution >= 4 is 34.4 Å². The van der Waals surface area contributed by atoms with Gasteiger partial charge < -0.3 is 15.2 Å². The van der Waals surface area contributed by atoms with Crippen LogP contribution < -0.4 is 5.32 Å². The molecule has 0 bridgehead atoms. The number of benzene rings is 2. The monoisotopic (exact) mass is 541 g/mol. The number of aliphatic hydroxyl groups excluding tert-OH is 1. The third kappa shape index (κ3) is 4.45. The molecule has 1 aliphatic heterocycles. The highest BCUT2D eigenvalue weighted by atomic mass is 32.1. The molecule has 0 aliphatic carbocycles. The zero-order valence-corrected chi connectivity index (χ0v) is 21.4. The SMILES string of the molecule is COC(=O)C[C@@H]1N=C(c2ccc(Nc3c(F)cc(F)cc3F)cc2)c2c(sc(CO)c2C)-n2c(C)nnc21. The third-order valence-electron chi connectivity index (χ3n) is 6.27. The maximum atomic E-state index is 14.1. The number of aliphatic hydroxyl groups is 1. The van der Waals surface area contributed by atoms with Crippen LogP contribution in [0, 0.1) is 31.3 Å². The average Bonchev–Trinajstić information content (AvgIpc) is 3.39. The minimum atomic E-state index is -1.06. The van der Waals surface area contributed by atoms with Crippen molar-refractivity contribution in [2.75, 3.05) is 12.4 Å². The molecule has 2 N–H and O–H groups in total. The molecule has 1 atom stereocenters. The van der Waals surface area contributed by atoms with Gasteiger partial charge in [-0.05, 0) is 31.5 Å². The summed E-state index contributed by atoms with van der Waals surface area (Å²) in [5.41, 5.74) is 2.69. The fourth-order valence-electron chi connectivity index (χ4n) is 4.37. The number of methoxy groups -OCH3 is 1. The Hall–Kier alpha value is -4.03. The molecule has 0 unspecified atom stereocenters. The number of aromatic nitrogens is 3. The van der Waals surface area contributed by atoms with E-state index in [1.165, 1.54) is 18.4 Å². The predicted octanol–water partition coefficient (Wildman–Crippen LogP) is 5.05. The number of anilines is 2. The Balaban J connectivity index is 1.61. The van der Waals surface area contributed by atoms with Crippen molar-refractivity contribution in [3.05, 3.63) is 87.1 Å². The summed E-state index contributed by atoms with van der Waals surface area (Å²) < 4.78 is 48.3. The number of aryl methyl sites for hydroxylation is 1. The van der Waals surface area contributed by atoms with E-state index in [-0.39, 0.29) is 13.0 Å². The number of carbonyl (C=O) groups excluding carboxylic acids is 1. The molecule has 0 radical (unpaired) electrons. The van der Waals surface area contributed by atoms with Gasteiger partial charge in [0, 0.05) is 33.8 Å². The third-order valence-corrected chi connectivity index (χ3v) is 7.53. The van der Waals surface area contributed by atoms with Crippen LogP contribution in [0.25, 0.3) is 5.00 Å². The first kappa shape index (κ1) is 25.6. The Kier molecular flexibility index (Phi) is 6.76. The van der Waals surface area contributed by atoms with Crippen LogP contribution in [0.4, 0.5) is 24.5 Å². The molecular formula is C26H22F3N5O3S. The van der Waals surface area contributed by atoms with Gasteiger partial charge in [0.1, 0.15) is 28.4 Å². The fraction of sp³-hybridized carbons (Fsp3) is 0.231. The summed E-state index contributed by atoms with van der Waals surface area (Å²) in [6, 6.07) is 7.15. The van der Waals surface area contributed by atoms with E-state index in [0.29, 0.717) is 40.7 Å². The lowest BCUT2D eigenvalue weighted by molar-refractivity contribution is -0.141. The van der Waals surface area contributed by atoms with Gasteiger partial charge in [0.25, 0.3) is 0 Å². The first-order valence-corrected chi connectivity index (χ1v) is 12.4. The summed E-state index contributed by atoms with van der Waals surface area (Å²) in [5, 5.41) is 21.9. The van der Waals surface area contributed by atoms with E-state index >= 15 is 0 Å². The van der Waals surface area contributed by atoms with Gasteiger partial charge in [-0.2, -0.15) is 0 Å². The molecule has 0 spiro atoms. The van der Waals surface area contributed by atoms with Gasteiger partial charge in [-0.15, -0.1) is 21.5 Å². The first-order valence-electron chi connectivity index (χ1n) is 11.5. The Morgan fingerprint density at radius 3 is 2.45 bits per heavy atom. The number of thiophene rings is 1. The van der Waals surface area contributed by atoms with Crippen LogP contribution in [-0.4, -0.2) is 38.7 Å². The lowest BCUT2D eigenvalue weighted by Crippen LogP contribution is -2.12. The molecule has 38 heavy (non-hydrogen) atoms. The number of nitrogens with one attached hydrogen (secondary N) is 1. The summed E-state index contributed by atoms with van der Waals surface area (Å²) in [7, 11) is 1.30. The van der Waals surface area contributed by atoms with Crippen LogP contribution in [0.1, 0.15) is 45.7 Å². The van der Waals surface area contributed by atoms with E-state index in [1.54, 1.807) is 31.2 Å². The molecule has 0 fully saturated rings. The standard InChI is InChI=1S/C26H22F3N5O3S/c1-12-20(11-35)38-26-22(12)23(31-19(10-21(36)37-3)25-33-32-13(2)34(25)26)14-4-6-16(7-5-14)30-24-17(28)8-15(27)9-18(24)29/h4-9,19,30,35H,10-11H2,1-3H3/t19-/m0/s1. The zero-order valence-electron chi connectivity index (χ0n) is 20.6. The van der Waals surface area contributed by atoms with Gasteiger partial charge >= 0.3 is 5.97 Å². The second kappa shape index (κ2) is 10.0. The summed E-state index contributed by atoms with van der Waals surface area (Å²) in [6.45, 7) is 3.51. The number of hydrogen-bond donors (Lipinski definition) is 2. The summed E-state index contributed by atoms with van der Waals surface area (Å²) in [4.78, 5) is 17.9. The highest BCUT2D eigenvalue weighted by molar-refractivity contribution is 7.15. The van der Waals surface area contributed by atoms with Crippen LogP contribution in [0.2, 0.25) is 0 Å². The van der Waals surface area contributed by atoms with Crippen LogP contribution >= 0.6 is 11.3 Å². The Labute approximate surface area is 219 Å². The van der Waals surface area contributed by atoms with Crippen molar-refractivity contribution in [1.29, 1.82) is 0 Å². The number of aliphatic imine (C=N–C) groups is 1. The molecule has 196 valence electrons.